The third kappa shape index (κ3) is 5.48. The van der Waals surface area contributed by atoms with E-state index in [0.717, 1.165) is 10.4 Å². The van der Waals surface area contributed by atoms with Gasteiger partial charge in [0.05, 0.1) is 4.92 Å². The normalized spacial score (nSPS) is 11.0. The molecule has 0 saturated heterocycles. The second-order valence-corrected chi connectivity index (χ2v) is 7.47. The average molecular weight is 425 g/mol. The van der Waals surface area contributed by atoms with Crippen LogP contribution in [0.15, 0.2) is 60.3 Å². The first-order valence-corrected chi connectivity index (χ1v) is 9.51. The molecule has 0 bridgehead atoms. The molecule has 0 aliphatic carbocycles. The number of non-ortho nitro benzene ring substituents is 1. The number of thiazole rings is 1. The van der Waals surface area contributed by atoms with E-state index in [1.54, 1.807) is 18.3 Å². The van der Waals surface area contributed by atoms with Gasteiger partial charge in [-0.2, -0.15) is 5.26 Å². The number of nitro benzene ring substituents is 1. The van der Waals surface area contributed by atoms with Crippen LogP contribution in [0.4, 0.5) is 10.8 Å². The largest absolute Gasteiger partial charge is 0.297 e. The molecule has 0 aliphatic heterocycles. The molecular formula is C20H13ClN4O3S. The van der Waals surface area contributed by atoms with Crippen molar-refractivity contribution in [2.75, 3.05) is 5.32 Å². The molecule has 0 atom stereocenters. The van der Waals surface area contributed by atoms with Crippen LogP contribution in [0.1, 0.15) is 16.0 Å². The summed E-state index contributed by atoms with van der Waals surface area (Å²) in [6.45, 7) is 0. The number of halogens is 1. The van der Waals surface area contributed by atoms with Gasteiger partial charge >= 0.3 is 0 Å². The molecule has 0 unspecified atom stereocenters. The van der Waals surface area contributed by atoms with Gasteiger partial charge in [-0.1, -0.05) is 35.9 Å². The van der Waals surface area contributed by atoms with Gasteiger partial charge < -0.3 is 0 Å². The van der Waals surface area contributed by atoms with Crippen molar-refractivity contribution in [1.82, 2.24) is 4.98 Å². The Kier molecular flexibility index (Phi) is 6.34. The van der Waals surface area contributed by atoms with Crippen molar-refractivity contribution in [3.63, 3.8) is 0 Å². The smallest absolute Gasteiger partial charge is 0.270 e. The lowest BCUT2D eigenvalue weighted by Gasteiger charge is -2.01. The molecule has 1 heterocycles. The molecule has 0 spiro atoms. The SMILES string of the molecule is N#CC(=Cc1cccc([N+](=O)[O-])c1)C(=O)Nc1ncc(Cc2cccc(Cl)c2)s1. The van der Waals surface area contributed by atoms with Gasteiger partial charge in [-0.15, -0.1) is 11.3 Å². The number of benzene rings is 2. The maximum Gasteiger partial charge on any atom is 0.270 e. The Bertz CT molecular complexity index is 1150. The molecule has 1 aromatic heterocycles. The number of hydrogen-bond donors (Lipinski definition) is 1. The van der Waals surface area contributed by atoms with Crippen LogP contribution in [0.5, 0.6) is 0 Å². The molecular weight excluding hydrogens is 412 g/mol. The predicted octanol–water partition coefficient (Wildman–Crippen LogP) is 4.84. The van der Waals surface area contributed by atoms with Crippen molar-refractivity contribution in [1.29, 1.82) is 5.26 Å². The summed E-state index contributed by atoms with van der Waals surface area (Å²) in [6, 6.07) is 14.9. The fourth-order valence-electron chi connectivity index (χ4n) is 2.50. The maximum atomic E-state index is 12.4. The average Bonchev–Trinajstić information content (AvgIpc) is 3.12. The highest BCUT2D eigenvalue weighted by Crippen LogP contribution is 2.23. The summed E-state index contributed by atoms with van der Waals surface area (Å²) in [5, 5.41) is 23.7. The molecule has 7 nitrogen and oxygen atoms in total. The minimum atomic E-state index is -0.636. The number of carbonyl (C=O) groups is 1. The van der Waals surface area contributed by atoms with Crippen LogP contribution in [0.3, 0.4) is 0 Å². The van der Waals surface area contributed by atoms with Gasteiger partial charge in [-0.25, -0.2) is 4.98 Å². The standard InChI is InChI=1S/C20H13ClN4O3S/c21-16-5-1-3-14(8-16)10-18-12-23-20(29-18)24-19(26)15(11-22)7-13-4-2-6-17(9-13)25(27)28/h1-9,12H,10H2,(H,23,24,26). The zero-order chi connectivity index (χ0) is 20.8. The Hall–Kier alpha value is -3.54. The summed E-state index contributed by atoms with van der Waals surface area (Å²) in [7, 11) is 0. The summed E-state index contributed by atoms with van der Waals surface area (Å²) >= 11 is 7.28. The van der Waals surface area contributed by atoms with Gasteiger partial charge in [0.2, 0.25) is 0 Å². The number of nitrogens with one attached hydrogen (secondary N) is 1. The monoisotopic (exact) mass is 424 g/mol. The number of carbonyl (C=O) groups excluding carboxylic acids is 1. The van der Waals surface area contributed by atoms with Gasteiger partial charge in [-0.05, 0) is 29.3 Å². The van der Waals surface area contributed by atoms with E-state index in [-0.39, 0.29) is 11.3 Å². The predicted molar refractivity (Wildman–Crippen MR) is 112 cm³/mol. The second-order valence-electron chi connectivity index (χ2n) is 5.91. The molecule has 9 heteroatoms. The summed E-state index contributed by atoms with van der Waals surface area (Å²) in [5.41, 5.74) is 1.09. The van der Waals surface area contributed by atoms with Gasteiger partial charge in [0, 0.05) is 34.7 Å². The quantitative estimate of drug-likeness (QED) is 0.263. The molecule has 3 rings (SSSR count). The minimum Gasteiger partial charge on any atom is -0.297 e. The highest BCUT2D eigenvalue weighted by molar-refractivity contribution is 7.15. The zero-order valence-corrected chi connectivity index (χ0v) is 16.4. The second kappa shape index (κ2) is 9.10. The summed E-state index contributed by atoms with van der Waals surface area (Å²) < 4.78 is 0. The van der Waals surface area contributed by atoms with Crippen molar-refractivity contribution < 1.29 is 9.72 Å². The number of hydrogen-bond acceptors (Lipinski definition) is 6. The summed E-state index contributed by atoms with van der Waals surface area (Å²) in [6.07, 6.45) is 3.56. The maximum absolute atomic E-state index is 12.4. The molecule has 0 saturated carbocycles. The fourth-order valence-corrected chi connectivity index (χ4v) is 3.56. The lowest BCUT2D eigenvalue weighted by Crippen LogP contribution is -2.13. The number of amides is 1. The lowest BCUT2D eigenvalue weighted by atomic mass is 10.1. The van der Waals surface area contributed by atoms with E-state index in [1.807, 2.05) is 24.3 Å². The molecule has 3 aromatic rings. The van der Waals surface area contributed by atoms with Crippen molar-refractivity contribution in [2.24, 2.45) is 0 Å². The van der Waals surface area contributed by atoms with Crippen LogP contribution >= 0.6 is 22.9 Å². The molecule has 0 fully saturated rings. The van der Waals surface area contributed by atoms with Gasteiger partial charge in [0.1, 0.15) is 11.6 Å². The van der Waals surface area contributed by atoms with Crippen molar-refractivity contribution in [2.45, 2.75) is 6.42 Å². The van der Waals surface area contributed by atoms with E-state index >= 15 is 0 Å². The van der Waals surface area contributed by atoms with Gasteiger partial charge in [0.25, 0.3) is 11.6 Å². The molecule has 144 valence electrons. The van der Waals surface area contributed by atoms with Crippen molar-refractivity contribution >= 4 is 45.7 Å². The van der Waals surface area contributed by atoms with Crippen LogP contribution in [0.25, 0.3) is 6.08 Å². The molecule has 1 N–H and O–H groups in total. The molecule has 1 amide bonds. The van der Waals surface area contributed by atoms with E-state index < -0.39 is 10.8 Å². The molecule has 29 heavy (non-hydrogen) atoms. The number of aromatic nitrogens is 1. The van der Waals surface area contributed by atoms with E-state index in [4.69, 9.17) is 11.6 Å². The van der Waals surface area contributed by atoms with Crippen molar-refractivity contribution in [3.05, 3.63) is 91.4 Å². The minimum absolute atomic E-state index is 0.123. The Morgan fingerprint density at radius 1 is 1.31 bits per heavy atom. The van der Waals surface area contributed by atoms with Gasteiger partial charge in [0.15, 0.2) is 5.13 Å². The van der Waals surface area contributed by atoms with Crippen LogP contribution in [0, 0.1) is 21.4 Å². The van der Waals surface area contributed by atoms with Crippen LogP contribution in [-0.4, -0.2) is 15.8 Å². The van der Waals surface area contributed by atoms with Crippen LogP contribution < -0.4 is 5.32 Å². The third-order valence-corrected chi connectivity index (χ3v) is 4.95. The topological polar surface area (TPSA) is 109 Å². The van der Waals surface area contributed by atoms with E-state index in [1.165, 1.54) is 35.6 Å². The first-order valence-electron chi connectivity index (χ1n) is 8.31. The Balaban J connectivity index is 1.72. The Morgan fingerprint density at radius 3 is 2.83 bits per heavy atom. The van der Waals surface area contributed by atoms with Crippen LogP contribution in [0.2, 0.25) is 5.02 Å². The van der Waals surface area contributed by atoms with Crippen LogP contribution in [-0.2, 0) is 11.2 Å². The zero-order valence-electron chi connectivity index (χ0n) is 14.8. The highest BCUT2D eigenvalue weighted by atomic mass is 35.5. The number of nitro groups is 1. The third-order valence-electron chi connectivity index (χ3n) is 3.80. The van der Waals surface area contributed by atoms with Crippen molar-refractivity contribution in [3.8, 4) is 6.07 Å². The van der Waals surface area contributed by atoms with E-state index in [9.17, 15) is 20.2 Å². The number of anilines is 1. The first-order chi connectivity index (χ1) is 13.9. The fraction of sp³-hybridized carbons (Fsp3) is 0.0500. The van der Waals surface area contributed by atoms with E-state index in [2.05, 4.69) is 10.3 Å². The first kappa shape index (κ1) is 20.2. The Morgan fingerprint density at radius 2 is 2.10 bits per heavy atom. The summed E-state index contributed by atoms with van der Waals surface area (Å²) in [4.78, 5) is 27.8. The summed E-state index contributed by atoms with van der Waals surface area (Å²) in [5.74, 6) is -0.636. The highest BCUT2D eigenvalue weighted by Gasteiger charge is 2.13. The molecule has 0 aliphatic rings. The van der Waals surface area contributed by atoms with Gasteiger partial charge in [-0.3, -0.25) is 20.2 Å². The number of rotatable bonds is 6. The molecule has 2 aromatic carbocycles. The number of nitrogens with zero attached hydrogens (tertiary/aromatic N) is 3. The number of nitriles is 1. The van der Waals surface area contributed by atoms with E-state index in [0.29, 0.717) is 22.1 Å². The Labute approximate surface area is 175 Å². The molecule has 0 radical (unpaired) electrons. The lowest BCUT2D eigenvalue weighted by molar-refractivity contribution is -0.384.